The average Bonchev–Trinajstić information content (AvgIpc) is 2.82. The second-order valence-corrected chi connectivity index (χ2v) is 10.5. The lowest BCUT2D eigenvalue weighted by molar-refractivity contribution is 0.0492. The fourth-order valence-electron chi connectivity index (χ4n) is 3.85. The Labute approximate surface area is 225 Å². The number of aromatic carboxylic acids is 1. The molecule has 11 heteroatoms. The number of pyridine rings is 2. The van der Waals surface area contributed by atoms with Crippen LogP contribution in [0.25, 0.3) is 22.3 Å². The van der Waals surface area contributed by atoms with Crippen LogP contribution < -0.4 is 11.1 Å². The normalized spacial score (nSPS) is 14.0. The fourth-order valence-corrected chi connectivity index (χ4v) is 4.34. The van der Waals surface area contributed by atoms with Crippen molar-refractivity contribution in [3.05, 3.63) is 46.1 Å². The number of hydrogen-bond acceptors (Lipinski definition) is 7. The molecule has 9 nitrogen and oxygen atoms in total. The minimum Gasteiger partial charge on any atom is -0.505 e. The van der Waals surface area contributed by atoms with Gasteiger partial charge < -0.3 is 26.0 Å². The van der Waals surface area contributed by atoms with Crippen molar-refractivity contribution in [3.8, 4) is 17.0 Å². The van der Waals surface area contributed by atoms with Crippen LogP contribution in [0.15, 0.2) is 30.5 Å². The zero-order valence-corrected chi connectivity index (χ0v) is 22.4. The molecule has 1 saturated carbocycles. The Morgan fingerprint density at radius 1 is 1.11 bits per heavy atom. The van der Waals surface area contributed by atoms with E-state index in [1.54, 1.807) is 12.1 Å². The SMILES string of the molecule is CC(C)(C)OC(=O)NC1CCCCC1.Nc1c(C(=O)O)cnc2ccc(-c3cc(Cl)c(O)c(Cl)c3)nc12. The molecule has 1 fully saturated rings. The maximum atomic E-state index is 11.4. The summed E-state index contributed by atoms with van der Waals surface area (Å²) in [7, 11) is 0. The maximum Gasteiger partial charge on any atom is 0.407 e. The molecular formula is C26H30Cl2N4O5. The van der Waals surface area contributed by atoms with Crippen molar-refractivity contribution in [2.75, 3.05) is 5.73 Å². The summed E-state index contributed by atoms with van der Waals surface area (Å²) in [6, 6.07) is 6.67. The van der Waals surface area contributed by atoms with E-state index in [-0.39, 0.29) is 38.7 Å². The zero-order valence-electron chi connectivity index (χ0n) is 20.8. The number of carboxylic acids is 1. The summed E-state index contributed by atoms with van der Waals surface area (Å²) in [5, 5.41) is 21.8. The second kappa shape index (κ2) is 11.8. The smallest absolute Gasteiger partial charge is 0.407 e. The van der Waals surface area contributed by atoms with Gasteiger partial charge in [0, 0.05) is 17.8 Å². The lowest BCUT2D eigenvalue weighted by Crippen LogP contribution is -2.39. The number of halogens is 2. The number of fused-ring (bicyclic) bond motifs is 1. The minimum atomic E-state index is -1.18. The number of amides is 1. The van der Waals surface area contributed by atoms with Gasteiger partial charge in [-0.05, 0) is 57.9 Å². The monoisotopic (exact) mass is 548 g/mol. The third-order valence-electron chi connectivity index (χ3n) is 5.62. The number of carbonyl (C=O) groups excluding carboxylic acids is 1. The van der Waals surface area contributed by atoms with Gasteiger partial charge in [-0.2, -0.15) is 0 Å². The van der Waals surface area contributed by atoms with E-state index >= 15 is 0 Å². The summed E-state index contributed by atoms with van der Waals surface area (Å²) in [5.74, 6) is -1.40. The molecule has 2 aromatic heterocycles. The Kier molecular flexibility index (Phi) is 9.04. The number of anilines is 1. The Morgan fingerprint density at radius 3 is 2.30 bits per heavy atom. The number of nitrogens with one attached hydrogen (secondary N) is 1. The number of nitrogens with two attached hydrogens (primary N) is 1. The number of rotatable bonds is 3. The van der Waals surface area contributed by atoms with E-state index in [1.807, 2.05) is 20.8 Å². The van der Waals surface area contributed by atoms with Gasteiger partial charge in [0.25, 0.3) is 0 Å². The van der Waals surface area contributed by atoms with E-state index in [0.717, 1.165) is 12.8 Å². The molecule has 1 aromatic carbocycles. The Balaban J connectivity index is 0.000000233. The number of aromatic hydroxyl groups is 1. The quantitative estimate of drug-likeness (QED) is 0.292. The Morgan fingerprint density at radius 2 is 1.73 bits per heavy atom. The van der Waals surface area contributed by atoms with Crippen molar-refractivity contribution in [3.63, 3.8) is 0 Å². The van der Waals surface area contributed by atoms with Crippen molar-refractivity contribution in [2.45, 2.75) is 64.5 Å². The first kappa shape index (κ1) is 28.3. The van der Waals surface area contributed by atoms with Crippen molar-refractivity contribution in [1.29, 1.82) is 0 Å². The van der Waals surface area contributed by atoms with Crippen molar-refractivity contribution in [1.82, 2.24) is 15.3 Å². The average molecular weight is 549 g/mol. The molecule has 0 aliphatic heterocycles. The molecule has 198 valence electrons. The van der Waals surface area contributed by atoms with E-state index in [0.29, 0.717) is 22.8 Å². The van der Waals surface area contributed by atoms with Crippen LogP contribution >= 0.6 is 23.2 Å². The lowest BCUT2D eigenvalue weighted by Gasteiger charge is -2.25. The molecule has 0 bridgehead atoms. The second-order valence-electron chi connectivity index (χ2n) is 9.72. The van der Waals surface area contributed by atoms with E-state index in [4.69, 9.17) is 38.8 Å². The lowest BCUT2D eigenvalue weighted by atomic mass is 9.96. The molecular weight excluding hydrogens is 519 g/mol. The topological polar surface area (TPSA) is 148 Å². The molecule has 37 heavy (non-hydrogen) atoms. The predicted molar refractivity (Wildman–Crippen MR) is 144 cm³/mol. The number of ether oxygens (including phenoxy) is 1. The van der Waals surface area contributed by atoms with Gasteiger partial charge >= 0.3 is 12.1 Å². The first-order valence-corrected chi connectivity index (χ1v) is 12.6. The number of carboxylic acid groups (broad SMARTS) is 1. The standard InChI is InChI=1S/C15H9Cl2N3O3.C11H21NO2/c16-8-3-6(4-9(17)14(8)21)10-1-2-11-13(20-10)12(18)7(5-19-11)15(22)23;1-11(2,3)14-10(13)12-9-7-5-4-6-8-9/h1-5,21H,(H2,18,19)(H,22,23);9H,4-8H2,1-3H3,(H,12,13). The van der Waals surface area contributed by atoms with Crippen LogP contribution in [0, 0.1) is 0 Å². The number of phenols is 1. The van der Waals surface area contributed by atoms with Crippen LogP contribution in [0.2, 0.25) is 10.0 Å². The van der Waals surface area contributed by atoms with Crippen LogP contribution in [0.1, 0.15) is 63.2 Å². The number of phenolic OH excluding ortho intramolecular Hbond substituents is 1. The van der Waals surface area contributed by atoms with Gasteiger partial charge in [-0.15, -0.1) is 0 Å². The van der Waals surface area contributed by atoms with Crippen LogP contribution in [0.4, 0.5) is 10.5 Å². The number of benzene rings is 1. The molecule has 1 aliphatic carbocycles. The molecule has 0 spiro atoms. The summed E-state index contributed by atoms with van der Waals surface area (Å²) < 4.78 is 5.19. The summed E-state index contributed by atoms with van der Waals surface area (Å²) in [6.45, 7) is 5.65. The van der Waals surface area contributed by atoms with Gasteiger partial charge in [0.2, 0.25) is 0 Å². The Hall–Kier alpha value is -3.30. The molecule has 0 unspecified atom stereocenters. The maximum absolute atomic E-state index is 11.4. The first-order valence-electron chi connectivity index (χ1n) is 11.8. The molecule has 0 saturated heterocycles. The van der Waals surface area contributed by atoms with E-state index in [2.05, 4.69) is 15.3 Å². The molecule has 5 N–H and O–H groups in total. The van der Waals surface area contributed by atoms with Gasteiger partial charge in [-0.3, -0.25) is 4.98 Å². The number of aromatic nitrogens is 2. The van der Waals surface area contributed by atoms with Crippen LogP contribution in [0.3, 0.4) is 0 Å². The number of alkyl carbamates (subject to hydrolysis) is 1. The van der Waals surface area contributed by atoms with Crippen molar-refractivity contribution >= 4 is 52.0 Å². The number of hydrogen-bond donors (Lipinski definition) is 4. The number of nitrogens with zero attached hydrogens (tertiary/aromatic N) is 2. The van der Waals surface area contributed by atoms with Gasteiger partial charge in [-0.1, -0.05) is 42.5 Å². The van der Waals surface area contributed by atoms with Crippen molar-refractivity contribution in [2.24, 2.45) is 0 Å². The highest BCUT2D eigenvalue weighted by Gasteiger charge is 2.20. The zero-order chi connectivity index (χ0) is 27.3. The van der Waals surface area contributed by atoms with Crippen LogP contribution in [-0.2, 0) is 4.74 Å². The summed E-state index contributed by atoms with van der Waals surface area (Å²) in [6.07, 6.45) is 6.85. The molecule has 4 rings (SSSR count). The molecule has 1 aliphatic rings. The Bertz CT molecular complexity index is 1280. The number of carbonyl (C=O) groups is 2. The molecule has 1 amide bonds. The van der Waals surface area contributed by atoms with Crippen LogP contribution in [0.5, 0.6) is 5.75 Å². The highest BCUT2D eigenvalue weighted by atomic mass is 35.5. The molecule has 3 aromatic rings. The number of nitrogen functional groups attached to an aromatic ring is 1. The highest BCUT2D eigenvalue weighted by molar-refractivity contribution is 6.37. The predicted octanol–water partition coefficient (Wildman–Crippen LogP) is 6.43. The van der Waals surface area contributed by atoms with Gasteiger partial charge in [0.15, 0.2) is 5.75 Å². The highest BCUT2D eigenvalue weighted by Crippen LogP contribution is 2.36. The molecule has 2 heterocycles. The molecule has 0 radical (unpaired) electrons. The van der Waals surface area contributed by atoms with E-state index < -0.39 is 11.6 Å². The molecule has 0 atom stereocenters. The van der Waals surface area contributed by atoms with Gasteiger partial charge in [0.1, 0.15) is 16.7 Å². The van der Waals surface area contributed by atoms with E-state index in [1.165, 1.54) is 37.6 Å². The van der Waals surface area contributed by atoms with E-state index in [9.17, 15) is 14.7 Å². The van der Waals surface area contributed by atoms with Crippen molar-refractivity contribution < 1.29 is 24.5 Å². The summed E-state index contributed by atoms with van der Waals surface area (Å²) in [4.78, 5) is 30.9. The minimum absolute atomic E-state index is 0.0281. The summed E-state index contributed by atoms with van der Waals surface area (Å²) >= 11 is 11.8. The van der Waals surface area contributed by atoms with Gasteiger partial charge in [0.05, 0.1) is 26.9 Å². The van der Waals surface area contributed by atoms with Gasteiger partial charge in [-0.25, -0.2) is 14.6 Å². The third kappa shape index (κ3) is 7.60. The van der Waals surface area contributed by atoms with Crippen LogP contribution in [-0.4, -0.2) is 43.9 Å². The summed E-state index contributed by atoms with van der Waals surface area (Å²) in [5.41, 5.74) is 7.15. The largest absolute Gasteiger partial charge is 0.505 e. The first-order chi connectivity index (χ1) is 17.4. The fraction of sp³-hybridized carbons (Fsp3) is 0.385. The third-order valence-corrected chi connectivity index (χ3v) is 6.20.